The molecule has 8 nitrogen and oxygen atoms in total. The highest BCUT2D eigenvalue weighted by molar-refractivity contribution is 7.90. The van der Waals surface area contributed by atoms with E-state index in [9.17, 15) is 18.0 Å². The standard InChI is InChI=1S/C19H27N3O5S/c1-13(2)10-22(11-14(3)4)17(23)12-27-18(24)9-20-19-15-7-5-6-8-16(15)28(25,26)21-19/h5-8,13-14H,9-12H2,1-4H3,(H,20,21). The topological polar surface area (TPSA) is 105 Å². The number of rotatable bonds is 8. The molecule has 1 aliphatic heterocycles. The normalized spacial score (nSPS) is 16.1. The number of fused-ring (bicyclic) bond motifs is 1. The van der Waals surface area contributed by atoms with E-state index in [0.29, 0.717) is 30.5 Å². The quantitative estimate of drug-likeness (QED) is 0.654. The lowest BCUT2D eigenvalue weighted by molar-refractivity contribution is -0.151. The fourth-order valence-corrected chi connectivity index (χ4v) is 4.08. The molecule has 0 atom stereocenters. The van der Waals surface area contributed by atoms with E-state index in [-0.39, 0.29) is 29.8 Å². The summed E-state index contributed by atoms with van der Waals surface area (Å²) < 4.78 is 31.4. The summed E-state index contributed by atoms with van der Waals surface area (Å²) in [6.07, 6.45) is 0. The Labute approximate surface area is 166 Å². The first-order chi connectivity index (χ1) is 13.1. The van der Waals surface area contributed by atoms with Crippen LogP contribution in [0.5, 0.6) is 0 Å². The highest BCUT2D eigenvalue weighted by Gasteiger charge is 2.30. The molecule has 0 aliphatic carbocycles. The van der Waals surface area contributed by atoms with Gasteiger partial charge in [0, 0.05) is 18.7 Å². The van der Waals surface area contributed by atoms with Gasteiger partial charge in [-0.15, -0.1) is 0 Å². The van der Waals surface area contributed by atoms with Crippen LogP contribution >= 0.6 is 0 Å². The number of carbonyl (C=O) groups excluding carboxylic acids is 2. The van der Waals surface area contributed by atoms with Gasteiger partial charge in [-0.2, -0.15) is 0 Å². The Balaban J connectivity index is 1.94. The Morgan fingerprint density at radius 2 is 1.71 bits per heavy atom. The van der Waals surface area contributed by atoms with E-state index in [1.54, 1.807) is 23.1 Å². The van der Waals surface area contributed by atoms with Gasteiger partial charge in [0.2, 0.25) is 0 Å². The molecular weight excluding hydrogens is 382 g/mol. The van der Waals surface area contributed by atoms with Gasteiger partial charge >= 0.3 is 5.97 Å². The van der Waals surface area contributed by atoms with Crippen LogP contribution in [0.2, 0.25) is 0 Å². The van der Waals surface area contributed by atoms with Gasteiger partial charge in [0.1, 0.15) is 12.4 Å². The number of hydrogen-bond acceptors (Lipinski definition) is 6. The number of amidine groups is 1. The van der Waals surface area contributed by atoms with Gasteiger partial charge in [-0.1, -0.05) is 39.8 Å². The predicted octanol–water partition coefficient (Wildman–Crippen LogP) is 1.41. The van der Waals surface area contributed by atoms with Gasteiger partial charge in [0.25, 0.3) is 15.9 Å². The molecule has 0 bridgehead atoms. The molecule has 0 aromatic heterocycles. The molecule has 9 heteroatoms. The Morgan fingerprint density at radius 1 is 1.11 bits per heavy atom. The van der Waals surface area contributed by atoms with Crippen LogP contribution in [0.15, 0.2) is 34.2 Å². The molecule has 2 rings (SSSR count). The van der Waals surface area contributed by atoms with Gasteiger partial charge < -0.3 is 9.64 Å². The minimum atomic E-state index is -3.66. The summed E-state index contributed by atoms with van der Waals surface area (Å²) in [6.45, 7) is 8.52. The number of nitrogens with one attached hydrogen (secondary N) is 1. The van der Waals surface area contributed by atoms with Gasteiger partial charge in [-0.05, 0) is 24.0 Å². The van der Waals surface area contributed by atoms with E-state index in [1.807, 2.05) is 27.7 Å². The SMILES string of the molecule is CC(C)CN(CC(C)C)C(=O)COC(=O)CN=C1NS(=O)(=O)c2ccccc21. The number of benzene rings is 1. The largest absolute Gasteiger partial charge is 0.454 e. The molecule has 0 fully saturated rings. The zero-order chi connectivity index (χ0) is 20.9. The first-order valence-corrected chi connectivity index (χ1v) is 10.7. The molecule has 154 valence electrons. The molecule has 28 heavy (non-hydrogen) atoms. The second-order valence-corrected chi connectivity index (χ2v) is 9.16. The van der Waals surface area contributed by atoms with Crippen molar-refractivity contribution < 1.29 is 22.7 Å². The molecule has 1 aliphatic rings. The third-order valence-corrected chi connectivity index (χ3v) is 5.31. The number of nitrogens with zero attached hydrogens (tertiary/aromatic N) is 2. The fourth-order valence-electron chi connectivity index (χ4n) is 2.83. The summed E-state index contributed by atoms with van der Waals surface area (Å²) in [5.41, 5.74) is 0.409. The van der Waals surface area contributed by atoms with E-state index < -0.39 is 16.0 Å². The van der Waals surface area contributed by atoms with Crippen molar-refractivity contribution in [1.29, 1.82) is 0 Å². The van der Waals surface area contributed by atoms with Crippen molar-refractivity contribution in [3.8, 4) is 0 Å². The number of ether oxygens (including phenoxy) is 1. The van der Waals surface area contributed by atoms with Crippen molar-refractivity contribution in [2.45, 2.75) is 32.6 Å². The summed E-state index contributed by atoms with van der Waals surface area (Å²) in [7, 11) is -3.66. The van der Waals surface area contributed by atoms with Crippen molar-refractivity contribution >= 4 is 27.7 Å². The van der Waals surface area contributed by atoms with Crippen LogP contribution in [0.3, 0.4) is 0 Å². The molecule has 0 saturated heterocycles. The molecule has 1 aromatic rings. The van der Waals surface area contributed by atoms with E-state index in [4.69, 9.17) is 4.74 Å². The first kappa shape index (κ1) is 21.9. The third-order valence-electron chi connectivity index (χ3n) is 3.91. The lowest BCUT2D eigenvalue weighted by Crippen LogP contribution is -2.39. The summed E-state index contributed by atoms with van der Waals surface area (Å²) in [5, 5.41) is 0. The van der Waals surface area contributed by atoms with E-state index in [1.165, 1.54) is 6.07 Å². The number of aliphatic imine (C=N–C) groups is 1. The molecule has 1 heterocycles. The van der Waals surface area contributed by atoms with Crippen molar-refractivity contribution in [3.63, 3.8) is 0 Å². The van der Waals surface area contributed by atoms with Crippen molar-refractivity contribution in [2.24, 2.45) is 16.8 Å². The number of sulfonamides is 1. The average molecular weight is 410 g/mol. The van der Waals surface area contributed by atoms with Crippen molar-refractivity contribution in [2.75, 3.05) is 26.2 Å². The zero-order valence-electron chi connectivity index (χ0n) is 16.6. The van der Waals surface area contributed by atoms with Crippen LogP contribution in [0.1, 0.15) is 33.3 Å². The Kier molecular flexibility index (Phi) is 7.17. The lowest BCUT2D eigenvalue weighted by Gasteiger charge is -2.26. The minimum absolute atomic E-state index is 0.0973. The van der Waals surface area contributed by atoms with Gasteiger partial charge in [0.05, 0.1) is 4.90 Å². The van der Waals surface area contributed by atoms with Gasteiger partial charge in [0.15, 0.2) is 6.61 Å². The molecular formula is C19H27N3O5S. The molecule has 0 spiro atoms. The van der Waals surface area contributed by atoms with Crippen LogP contribution in [0, 0.1) is 11.8 Å². The number of amides is 1. The zero-order valence-corrected chi connectivity index (χ0v) is 17.5. The van der Waals surface area contributed by atoms with Crippen molar-refractivity contribution in [3.05, 3.63) is 29.8 Å². The predicted molar refractivity (Wildman–Crippen MR) is 105 cm³/mol. The molecule has 0 radical (unpaired) electrons. The Bertz CT molecular complexity index is 852. The van der Waals surface area contributed by atoms with E-state index >= 15 is 0 Å². The molecule has 0 saturated carbocycles. The summed E-state index contributed by atoms with van der Waals surface area (Å²) in [6, 6.07) is 6.37. The smallest absolute Gasteiger partial charge is 0.328 e. The number of carbonyl (C=O) groups is 2. The van der Waals surface area contributed by atoms with Crippen LogP contribution in [-0.4, -0.2) is 57.3 Å². The monoisotopic (exact) mass is 409 g/mol. The molecule has 1 N–H and O–H groups in total. The lowest BCUT2D eigenvalue weighted by atomic mass is 10.1. The maximum Gasteiger partial charge on any atom is 0.328 e. The summed E-state index contributed by atoms with van der Waals surface area (Å²) >= 11 is 0. The van der Waals surface area contributed by atoms with Crippen LogP contribution in [-0.2, 0) is 24.3 Å². The number of hydrogen-bond donors (Lipinski definition) is 1. The second kappa shape index (κ2) is 9.18. The molecule has 1 aromatic carbocycles. The minimum Gasteiger partial charge on any atom is -0.454 e. The first-order valence-electron chi connectivity index (χ1n) is 9.20. The fraction of sp³-hybridized carbons (Fsp3) is 0.526. The average Bonchev–Trinajstić information content (AvgIpc) is 2.87. The van der Waals surface area contributed by atoms with E-state index in [2.05, 4.69) is 9.71 Å². The number of esters is 1. The van der Waals surface area contributed by atoms with Crippen LogP contribution in [0.4, 0.5) is 0 Å². The van der Waals surface area contributed by atoms with Gasteiger partial charge in [-0.3, -0.25) is 19.3 Å². The Morgan fingerprint density at radius 3 is 2.32 bits per heavy atom. The molecule has 0 unspecified atom stereocenters. The maximum atomic E-state index is 12.3. The second-order valence-electron chi connectivity index (χ2n) is 7.51. The summed E-state index contributed by atoms with van der Waals surface area (Å²) in [5.74, 6) is -0.241. The maximum absolute atomic E-state index is 12.3. The van der Waals surface area contributed by atoms with E-state index in [0.717, 1.165) is 0 Å². The summed E-state index contributed by atoms with van der Waals surface area (Å²) in [4.78, 5) is 30.1. The molecule has 1 amide bonds. The highest BCUT2D eigenvalue weighted by atomic mass is 32.2. The Hall–Kier alpha value is -2.42. The third kappa shape index (κ3) is 5.79. The van der Waals surface area contributed by atoms with Gasteiger partial charge in [-0.25, -0.2) is 8.42 Å². The highest BCUT2D eigenvalue weighted by Crippen LogP contribution is 2.22. The van der Waals surface area contributed by atoms with Crippen molar-refractivity contribution in [1.82, 2.24) is 9.62 Å². The van der Waals surface area contributed by atoms with Crippen LogP contribution < -0.4 is 4.72 Å². The van der Waals surface area contributed by atoms with Crippen LogP contribution in [0.25, 0.3) is 0 Å².